The summed E-state index contributed by atoms with van der Waals surface area (Å²) in [6.07, 6.45) is 4.18. The first-order chi connectivity index (χ1) is 31.2. The molecule has 0 atom stereocenters. The highest BCUT2D eigenvalue weighted by Gasteiger charge is 2.46. The van der Waals surface area contributed by atoms with E-state index >= 15 is 0 Å². The van der Waals surface area contributed by atoms with E-state index < -0.39 is 5.41 Å². The molecule has 0 fully saturated rings. The molecule has 63 heavy (non-hydrogen) atoms. The zero-order valence-corrected chi connectivity index (χ0v) is 34.3. The Labute approximate surface area is 365 Å². The van der Waals surface area contributed by atoms with Gasteiger partial charge in [0.1, 0.15) is 5.65 Å². The van der Waals surface area contributed by atoms with Crippen molar-refractivity contribution in [2.45, 2.75) is 5.41 Å². The summed E-state index contributed by atoms with van der Waals surface area (Å²) in [7, 11) is 0. The van der Waals surface area contributed by atoms with Crippen LogP contribution in [-0.2, 0) is 5.41 Å². The van der Waals surface area contributed by atoms with Gasteiger partial charge in [-0.2, -0.15) is 0 Å². The SMILES string of the molecule is c1ccc(-c2nc3ccccc3nc2-c2ccc(N(c3ccccc3)c3ccc4c(c3)C(c3ccccc3)(c3ccccc3)c3cc(-c5cn6ccccc6n5)ccc3-4)cc2)cc1. The Hall–Kier alpha value is -8.41. The largest absolute Gasteiger partial charge is 0.310 e. The minimum atomic E-state index is -0.618. The Morgan fingerprint density at radius 3 is 1.51 bits per heavy atom. The van der Waals surface area contributed by atoms with Crippen LogP contribution in [0.5, 0.6) is 0 Å². The molecule has 296 valence electrons. The number of hydrogen-bond acceptors (Lipinski definition) is 4. The fourth-order valence-corrected chi connectivity index (χ4v) is 9.64. The molecular formula is C58H39N5. The van der Waals surface area contributed by atoms with Gasteiger partial charge in [0, 0.05) is 46.1 Å². The lowest BCUT2D eigenvalue weighted by molar-refractivity contribution is 0.768. The standard InChI is InChI=1S/C58H39N5/c1-5-17-40(18-6-1)56-57(61-53-26-14-13-25-52(53)60-56)41-28-31-46(32-29-41)63(45-23-11-4-12-24-45)47-33-35-49-48-34-30-42(54-39-62-36-16-15-27-55(62)59-54)37-50(48)58(51(49)38-47,43-19-7-2-8-20-43)44-21-9-3-10-22-44/h1-39H. The maximum atomic E-state index is 5.20. The summed E-state index contributed by atoms with van der Waals surface area (Å²) in [6.45, 7) is 0. The van der Waals surface area contributed by atoms with E-state index in [2.05, 4.69) is 204 Å². The molecule has 3 heterocycles. The van der Waals surface area contributed by atoms with E-state index in [1.165, 1.54) is 33.4 Å². The molecule has 0 radical (unpaired) electrons. The summed E-state index contributed by atoms with van der Waals surface area (Å²) in [4.78, 5) is 17.8. The number of aromatic nitrogens is 4. The van der Waals surface area contributed by atoms with Crippen LogP contribution in [0.2, 0.25) is 0 Å². The van der Waals surface area contributed by atoms with E-state index in [0.29, 0.717) is 0 Å². The van der Waals surface area contributed by atoms with Crippen LogP contribution in [0.3, 0.4) is 0 Å². The predicted octanol–water partition coefficient (Wildman–Crippen LogP) is 14.1. The van der Waals surface area contributed by atoms with Crippen molar-refractivity contribution in [2.75, 3.05) is 4.90 Å². The summed E-state index contributed by atoms with van der Waals surface area (Å²) in [5.41, 5.74) is 18.3. The average Bonchev–Trinajstić information content (AvgIpc) is 3.93. The molecule has 0 bridgehead atoms. The van der Waals surface area contributed by atoms with Crippen molar-refractivity contribution in [1.82, 2.24) is 19.4 Å². The highest BCUT2D eigenvalue weighted by molar-refractivity contribution is 5.92. The smallest absolute Gasteiger partial charge is 0.137 e. The van der Waals surface area contributed by atoms with Crippen LogP contribution in [0.15, 0.2) is 237 Å². The number of benzene rings is 8. The second-order valence-electron chi connectivity index (χ2n) is 16.1. The minimum Gasteiger partial charge on any atom is -0.310 e. The maximum absolute atomic E-state index is 5.20. The number of hydrogen-bond donors (Lipinski definition) is 0. The Morgan fingerprint density at radius 1 is 0.381 bits per heavy atom. The molecule has 3 aromatic heterocycles. The van der Waals surface area contributed by atoms with Crippen LogP contribution >= 0.6 is 0 Å². The van der Waals surface area contributed by atoms with Gasteiger partial charge >= 0.3 is 0 Å². The number of nitrogens with zero attached hydrogens (tertiary/aromatic N) is 5. The summed E-state index contributed by atoms with van der Waals surface area (Å²) >= 11 is 0. The number of pyridine rings is 1. The molecular weight excluding hydrogens is 767 g/mol. The van der Waals surface area contributed by atoms with E-state index in [1.807, 2.05) is 42.5 Å². The summed E-state index contributed by atoms with van der Waals surface area (Å²) in [5, 5.41) is 0. The number of rotatable bonds is 8. The van der Waals surface area contributed by atoms with Crippen LogP contribution in [0.4, 0.5) is 17.1 Å². The van der Waals surface area contributed by atoms with Crippen molar-refractivity contribution in [1.29, 1.82) is 0 Å². The lowest BCUT2D eigenvalue weighted by Crippen LogP contribution is -2.28. The van der Waals surface area contributed by atoms with E-state index in [4.69, 9.17) is 15.0 Å². The van der Waals surface area contributed by atoms with Gasteiger partial charge in [0.2, 0.25) is 0 Å². The van der Waals surface area contributed by atoms with E-state index in [-0.39, 0.29) is 0 Å². The summed E-state index contributed by atoms with van der Waals surface area (Å²) in [5.74, 6) is 0. The van der Waals surface area contributed by atoms with Crippen LogP contribution in [-0.4, -0.2) is 19.4 Å². The highest BCUT2D eigenvalue weighted by Crippen LogP contribution is 2.58. The van der Waals surface area contributed by atoms with Crippen LogP contribution in [0.1, 0.15) is 22.3 Å². The van der Waals surface area contributed by atoms with E-state index in [9.17, 15) is 0 Å². The van der Waals surface area contributed by atoms with E-state index in [0.717, 1.165) is 67.5 Å². The van der Waals surface area contributed by atoms with Crippen molar-refractivity contribution >= 4 is 33.7 Å². The average molecular weight is 806 g/mol. The van der Waals surface area contributed by atoms with Crippen LogP contribution in [0, 0.1) is 0 Å². The summed E-state index contributed by atoms with van der Waals surface area (Å²) < 4.78 is 2.09. The second-order valence-corrected chi connectivity index (χ2v) is 16.1. The predicted molar refractivity (Wildman–Crippen MR) is 257 cm³/mol. The van der Waals surface area contributed by atoms with Gasteiger partial charge in [0.15, 0.2) is 0 Å². The molecule has 8 aromatic carbocycles. The number of fused-ring (bicyclic) bond motifs is 5. The topological polar surface area (TPSA) is 46.3 Å². The number of imidazole rings is 1. The monoisotopic (exact) mass is 805 g/mol. The third-order valence-corrected chi connectivity index (χ3v) is 12.5. The molecule has 1 aliphatic carbocycles. The normalized spacial score (nSPS) is 12.6. The van der Waals surface area contributed by atoms with Gasteiger partial charge < -0.3 is 9.30 Å². The van der Waals surface area contributed by atoms with Gasteiger partial charge in [-0.15, -0.1) is 0 Å². The first-order valence-corrected chi connectivity index (χ1v) is 21.3. The van der Waals surface area contributed by atoms with Crippen LogP contribution in [0.25, 0.3) is 61.6 Å². The molecule has 0 unspecified atom stereocenters. The van der Waals surface area contributed by atoms with Crippen molar-refractivity contribution in [3.8, 4) is 44.9 Å². The zero-order chi connectivity index (χ0) is 41.7. The highest BCUT2D eigenvalue weighted by atomic mass is 15.1. The Balaban J connectivity index is 1.04. The lowest BCUT2D eigenvalue weighted by Gasteiger charge is -2.35. The molecule has 0 spiro atoms. The number of para-hydroxylation sites is 3. The molecule has 0 amide bonds. The van der Waals surface area contributed by atoms with Gasteiger partial charge in [0.25, 0.3) is 0 Å². The van der Waals surface area contributed by atoms with Gasteiger partial charge in [-0.1, -0.05) is 158 Å². The fraction of sp³-hybridized carbons (Fsp3) is 0.0172. The zero-order valence-electron chi connectivity index (χ0n) is 34.3. The maximum Gasteiger partial charge on any atom is 0.137 e. The molecule has 1 aliphatic rings. The first kappa shape index (κ1) is 36.4. The molecule has 0 aliphatic heterocycles. The molecule has 0 saturated carbocycles. The molecule has 0 N–H and O–H groups in total. The van der Waals surface area contributed by atoms with E-state index in [1.54, 1.807) is 0 Å². The quantitative estimate of drug-likeness (QED) is 0.153. The third-order valence-electron chi connectivity index (χ3n) is 12.5. The molecule has 0 saturated heterocycles. The number of anilines is 3. The Bertz CT molecular complexity index is 3360. The van der Waals surface area contributed by atoms with Gasteiger partial charge in [-0.3, -0.25) is 0 Å². The first-order valence-electron chi connectivity index (χ1n) is 21.3. The van der Waals surface area contributed by atoms with Gasteiger partial charge in [-0.05, 0) is 100 Å². The fourth-order valence-electron chi connectivity index (χ4n) is 9.64. The van der Waals surface area contributed by atoms with Crippen LogP contribution < -0.4 is 4.90 Å². The molecule has 11 aromatic rings. The lowest BCUT2D eigenvalue weighted by atomic mass is 9.67. The Morgan fingerprint density at radius 2 is 0.873 bits per heavy atom. The third kappa shape index (κ3) is 6.05. The van der Waals surface area contributed by atoms with Crippen molar-refractivity contribution < 1.29 is 0 Å². The van der Waals surface area contributed by atoms with Gasteiger partial charge in [-0.25, -0.2) is 15.0 Å². The second kappa shape index (κ2) is 14.9. The minimum absolute atomic E-state index is 0.618. The van der Waals surface area contributed by atoms with Crippen molar-refractivity contribution in [3.63, 3.8) is 0 Å². The van der Waals surface area contributed by atoms with Crippen molar-refractivity contribution in [3.05, 3.63) is 259 Å². The van der Waals surface area contributed by atoms with Crippen molar-refractivity contribution in [2.24, 2.45) is 0 Å². The summed E-state index contributed by atoms with van der Waals surface area (Å²) in [6, 6.07) is 79.9. The molecule has 12 rings (SSSR count). The molecule has 5 heteroatoms. The van der Waals surface area contributed by atoms with Gasteiger partial charge in [0.05, 0.1) is 33.5 Å². The Kier molecular flexibility index (Phi) is 8.64. The molecule has 5 nitrogen and oxygen atoms in total.